The number of benzene rings is 2. The van der Waals surface area contributed by atoms with Gasteiger partial charge in [-0.3, -0.25) is 4.57 Å². The average Bonchev–Trinajstić information content (AvgIpc) is 3.04. The molecule has 0 saturated carbocycles. The van der Waals surface area contributed by atoms with Crippen LogP contribution in [0.25, 0.3) is 28.2 Å². The number of hydrogen-bond acceptors (Lipinski definition) is 3. The zero-order chi connectivity index (χ0) is 17.0. The van der Waals surface area contributed by atoms with Crippen LogP contribution in [0, 0.1) is 6.92 Å². The van der Waals surface area contributed by atoms with Gasteiger partial charge in [-0.2, -0.15) is 0 Å². The number of nitrogens with zero attached hydrogens (tertiary/aromatic N) is 4. The van der Waals surface area contributed by atoms with Crippen LogP contribution in [0.15, 0.2) is 54.6 Å². The minimum Gasteiger partial charge on any atom is -0.280 e. The summed E-state index contributed by atoms with van der Waals surface area (Å²) in [5.41, 5.74) is 5.46. The van der Waals surface area contributed by atoms with Crippen LogP contribution in [-0.4, -0.2) is 19.5 Å². The Morgan fingerprint density at radius 1 is 0.920 bits per heavy atom. The van der Waals surface area contributed by atoms with Gasteiger partial charge in [-0.1, -0.05) is 49.4 Å². The van der Waals surface area contributed by atoms with Gasteiger partial charge in [0.25, 0.3) is 0 Å². The van der Waals surface area contributed by atoms with Gasteiger partial charge in [0.05, 0.1) is 11.0 Å². The van der Waals surface area contributed by atoms with Gasteiger partial charge >= 0.3 is 0 Å². The van der Waals surface area contributed by atoms with Crippen molar-refractivity contribution in [3.63, 3.8) is 0 Å². The second-order valence-corrected chi connectivity index (χ2v) is 6.70. The zero-order valence-corrected chi connectivity index (χ0v) is 14.3. The van der Waals surface area contributed by atoms with E-state index in [0.29, 0.717) is 5.92 Å². The molecule has 0 bridgehead atoms. The van der Waals surface area contributed by atoms with Crippen LogP contribution in [0.4, 0.5) is 0 Å². The number of fused-ring (bicyclic) bond motifs is 5. The normalized spacial score (nSPS) is 15.8. The number of imidazole rings is 1. The number of aromatic nitrogens is 4. The van der Waals surface area contributed by atoms with Crippen molar-refractivity contribution < 1.29 is 0 Å². The van der Waals surface area contributed by atoms with Gasteiger partial charge in [-0.05, 0) is 25.5 Å². The highest BCUT2D eigenvalue weighted by Crippen LogP contribution is 2.36. The van der Waals surface area contributed by atoms with Gasteiger partial charge in [0.1, 0.15) is 11.6 Å². The van der Waals surface area contributed by atoms with Crippen LogP contribution in [-0.2, 0) is 6.42 Å². The van der Waals surface area contributed by atoms with Crippen LogP contribution < -0.4 is 0 Å². The average molecular weight is 326 g/mol. The van der Waals surface area contributed by atoms with Crippen molar-refractivity contribution in [1.82, 2.24) is 19.5 Å². The Bertz CT molecular complexity index is 1100. The first-order valence-electron chi connectivity index (χ1n) is 8.63. The molecule has 1 atom stereocenters. The molecule has 1 unspecified atom stereocenters. The van der Waals surface area contributed by atoms with E-state index in [4.69, 9.17) is 15.0 Å². The van der Waals surface area contributed by atoms with E-state index in [1.807, 2.05) is 24.3 Å². The standard InChI is InChI=1S/C21H18N4/c1-13-12-16-14(2)22-19(15-8-4-3-5-9-15)24-21(16)25-18-11-7-6-10-17(18)23-20(13)25/h3-11,13H,12H2,1-2H3. The molecule has 4 aromatic rings. The Morgan fingerprint density at radius 2 is 1.68 bits per heavy atom. The molecule has 4 nitrogen and oxygen atoms in total. The second kappa shape index (κ2) is 5.24. The minimum atomic E-state index is 0.352. The Balaban J connectivity index is 1.83. The van der Waals surface area contributed by atoms with Crippen molar-refractivity contribution in [2.75, 3.05) is 0 Å². The van der Waals surface area contributed by atoms with E-state index in [-0.39, 0.29) is 0 Å². The molecule has 0 N–H and O–H groups in total. The van der Waals surface area contributed by atoms with E-state index in [9.17, 15) is 0 Å². The highest BCUT2D eigenvalue weighted by atomic mass is 15.2. The third kappa shape index (κ3) is 2.10. The van der Waals surface area contributed by atoms with Gasteiger partial charge < -0.3 is 0 Å². The maximum atomic E-state index is 4.95. The fourth-order valence-corrected chi connectivity index (χ4v) is 3.72. The molecule has 122 valence electrons. The maximum Gasteiger partial charge on any atom is 0.161 e. The molecule has 0 aliphatic carbocycles. The van der Waals surface area contributed by atoms with Crippen molar-refractivity contribution in [1.29, 1.82) is 0 Å². The lowest BCUT2D eigenvalue weighted by atomic mass is 9.96. The highest BCUT2D eigenvalue weighted by Gasteiger charge is 2.28. The number of rotatable bonds is 1. The maximum absolute atomic E-state index is 4.95. The lowest BCUT2D eigenvalue weighted by Gasteiger charge is -2.24. The Kier molecular flexibility index (Phi) is 3.01. The van der Waals surface area contributed by atoms with E-state index in [2.05, 4.69) is 48.7 Å². The summed E-state index contributed by atoms with van der Waals surface area (Å²) in [4.78, 5) is 14.6. The lowest BCUT2D eigenvalue weighted by Crippen LogP contribution is -2.20. The second-order valence-electron chi connectivity index (χ2n) is 6.70. The molecule has 5 rings (SSSR count). The molecule has 0 saturated heterocycles. The molecule has 4 heteroatoms. The summed E-state index contributed by atoms with van der Waals surface area (Å²) in [5.74, 6) is 3.19. The predicted octanol–water partition coefficient (Wildman–Crippen LogP) is 4.45. The third-order valence-corrected chi connectivity index (χ3v) is 4.97. The molecule has 25 heavy (non-hydrogen) atoms. The summed E-state index contributed by atoms with van der Waals surface area (Å²) < 4.78 is 2.22. The van der Waals surface area contributed by atoms with E-state index < -0.39 is 0 Å². The summed E-state index contributed by atoms with van der Waals surface area (Å²) in [6, 6.07) is 18.4. The number of aryl methyl sites for hydroxylation is 1. The lowest BCUT2D eigenvalue weighted by molar-refractivity contribution is 0.639. The monoisotopic (exact) mass is 326 g/mol. The largest absolute Gasteiger partial charge is 0.280 e. The molecule has 2 aromatic carbocycles. The molecule has 2 aromatic heterocycles. The number of para-hydroxylation sites is 2. The molecule has 0 fully saturated rings. The van der Waals surface area contributed by atoms with Crippen LogP contribution >= 0.6 is 0 Å². The molecule has 1 aliphatic heterocycles. The van der Waals surface area contributed by atoms with Crippen molar-refractivity contribution >= 4 is 11.0 Å². The van der Waals surface area contributed by atoms with E-state index >= 15 is 0 Å². The van der Waals surface area contributed by atoms with Crippen LogP contribution in [0.5, 0.6) is 0 Å². The summed E-state index contributed by atoms with van der Waals surface area (Å²) in [5, 5.41) is 0. The van der Waals surface area contributed by atoms with Gasteiger partial charge in [-0.15, -0.1) is 0 Å². The van der Waals surface area contributed by atoms with E-state index in [0.717, 1.165) is 46.2 Å². The van der Waals surface area contributed by atoms with Gasteiger partial charge in [0, 0.05) is 22.7 Å². The molecular formula is C21H18N4. The molecule has 1 aliphatic rings. The van der Waals surface area contributed by atoms with E-state index in [1.54, 1.807) is 0 Å². The van der Waals surface area contributed by atoms with Crippen molar-refractivity contribution in [2.24, 2.45) is 0 Å². The van der Waals surface area contributed by atoms with E-state index in [1.165, 1.54) is 5.56 Å². The molecule has 0 radical (unpaired) electrons. The fraction of sp³-hybridized carbons (Fsp3) is 0.190. The summed E-state index contributed by atoms with van der Waals surface area (Å²) in [7, 11) is 0. The first-order valence-corrected chi connectivity index (χ1v) is 8.63. The van der Waals surface area contributed by atoms with Gasteiger partial charge in [0.15, 0.2) is 5.82 Å². The highest BCUT2D eigenvalue weighted by molar-refractivity contribution is 5.79. The molecule has 0 spiro atoms. The van der Waals surface area contributed by atoms with Crippen molar-refractivity contribution in [3.8, 4) is 17.2 Å². The van der Waals surface area contributed by atoms with Gasteiger partial charge in [-0.25, -0.2) is 15.0 Å². The van der Waals surface area contributed by atoms with Crippen molar-refractivity contribution in [2.45, 2.75) is 26.2 Å². The quantitative estimate of drug-likeness (QED) is 0.519. The van der Waals surface area contributed by atoms with Crippen LogP contribution in [0.1, 0.15) is 29.9 Å². The fourth-order valence-electron chi connectivity index (χ4n) is 3.72. The first kappa shape index (κ1) is 14.3. The van der Waals surface area contributed by atoms with Crippen molar-refractivity contribution in [3.05, 3.63) is 71.7 Å². The SMILES string of the molecule is Cc1nc(-c2ccccc2)nc2c1CC(C)c1nc3ccccc3n1-2. The van der Waals surface area contributed by atoms with Crippen LogP contribution in [0.2, 0.25) is 0 Å². The topological polar surface area (TPSA) is 43.6 Å². The molecule has 3 heterocycles. The Hall–Kier alpha value is -3.01. The number of hydrogen-bond donors (Lipinski definition) is 0. The minimum absolute atomic E-state index is 0.352. The first-order chi connectivity index (χ1) is 12.2. The Labute approximate surface area is 146 Å². The Morgan fingerprint density at radius 3 is 2.52 bits per heavy atom. The zero-order valence-electron chi connectivity index (χ0n) is 14.3. The summed E-state index contributed by atoms with van der Waals surface area (Å²) in [6.07, 6.45) is 0.930. The molecule has 0 amide bonds. The smallest absolute Gasteiger partial charge is 0.161 e. The molecular weight excluding hydrogens is 308 g/mol. The predicted molar refractivity (Wildman–Crippen MR) is 99.0 cm³/mol. The van der Waals surface area contributed by atoms with Crippen LogP contribution in [0.3, 0.4) is 0 Å². The third-order valence-electron chi connectivity index (χ3n) is 4.97. The summed E-state index contributed by atoms with van der Waals surface area (Å²) in [6.45, 7) is 4.31. The van der Waals surface area contributed by atoms with Gasteiger partial charge in [0.2, 0.25) is 0 Å². The summed E-state index contributed by atoms with van der Waals surface area (Å²) >= 11 is 0.